The summed E-state index contributed by atoms with van der Waals surface area (Å²) in [6.45, 7) is 8.92. The number of hydrogen-bond acceptors (Lipinski definition) is 5. The zero-order chi connectivity index (χ0) is 23.3. The maximum absolute atomic E-state index is 12.3. The van der Waals surface area contributed by atoms with Crippen molar-refractivity contribution in [3.8, 4) is 22.8 Å². The third-order valence-electron chi connectivity index (χ3n) is 5.39. The number of nitrogens with zero attached hydrogens (tertiary/aromatic N) is 1. The van der Waals surface area contributed by atoms with E-state index in [1.165, 1.54) is 0 Å². The second-order valence-electron chi connectivity index (χ2n) is 7.40. The molecule has 0 bridgehead atoms. The molecular formula is C26H31NO5. The zero-order valence-corrected chi connectivity index (χ0v) is 19.7. The topological polar surface area (TPSA) is 58.9 Å². The van der Waals surface area contributed by atoms with Gasteiger partial charge in [-0.15, -0.1) is 0 Å². The molecule has 0 aliphatic carbocycles. The molecule has 0 fully saturated rings. The van der Waals surface area contributed by atoms with Gasteiger partial charge in [-0.3, -0.25) is 0 Å². The zero-order valence-electron chi connectivity index (χ0n) is 19.7. The van der Waals surface area contributed by atoms with Gasteiger partial charge in [-0.05, 0) is 51.0 Å². The molecule has 0 aliphatic heterocycles. The lowest BCUT2D eigenvalue weighted by Gasteiger charge is -2.15. The highest BCUT2D eigenvalue weighted by atomic mass is 16.7. The minimum atomic E-state index is -0.339. The van der Waals surface area contributed by atoms with Gasteiger partial charge >= 0.3 is 5.97 Å². The number of esters is 1. The molecule has 0 atom stereocenters. The lowest BCUT2D eigenvalue weighted by molar-refractivity contribution is -0.138. The van der Waals surface area contributed by atoms with Crippen molar-refractivity contribution < 1.29 is 23.7 Å². The summed E-state index contributed by atoms with van der Waals surface area (Å²) in [6, 6.07) is 12.2. The Labute approximate surface area is 189 Å². The van der Waals surface area contributed by atoms with Crippen LogP contribution in [0.3, 0.4) is 0 Å². The molecule has 32 heavy (non-hydrogen) atoms. The highest BCUT2D eigenvalue weighted by Crippen LogP contribution is 2.45. The maximum Gasteiger partial charge on any atom is 0.333 e. The van der Waals surface area contributed by atoms with Crippen LogP contribution >= 0.6 is 0 Å². The van der Waals surface area contributed by atoms with Crippen LogP contribution in [0.25, 0.3) is 28.2 Å². The van der Waals surface area contributed by atoms with E-state index in [0.29, 0.717) is 23.7 Å². The summed E-state index contributed by atoms with van der Waals surface area (Å²) < 4.78 is 24.3. The average Bonchev–Trinajstić information content (AvgIpc) is 3.11. The van der Waals surface area contributed by atoms with Crippen LogP contribution in [0.5, 0.6) is 11.5 Å². The van der Waals surface area contributed by atoms with Crippen LogP contribution in [-0.2, 0) is 20.8 Å². The molecular weight excluding hydrogens is 406 g/mol. The number of methoxy groups -OCH3 is 2. The van der Waals surface area contributed by atoms with Crippen molar-refractivity contribution in [3.05, 3.63) is 53.1 Å². The number of rotatable bonds is 9. The second kappa shape index (κ2) is 10.4. The summed E-state index contributed by atoms with van der Waals surface area (Å²) in [5.74, 6) is 0.861. The van der Waals surface area contributed by atoms with Gasteiger partial charge in [0.2, 0.25) is 0 Å². The first-order chi connectivity index (χ1) is 15.5. The summed E-state index contributed by atoms with van der Waals surface area (Å²) in [5.41, 5.74) is 5.63. The Bertz CT molecular complexity index is 1130. The van der Waals surface area contributed by atoms with Crippen LogP contribution in [0, 0.1) is 6.92 Å². The predicted molar refractivity (Wildman–Crippen MR) is 127 cm³/mol. The number of carbonyl (C=O) groups excluding carboxylic acids is 1. The van der Waals surface area contributed by atoms with Crippen LogP contribution < -0.4 is 9.47 Å². The van der Waals surface area contributed by atoms with Crippen LogP contribution in [0.1, 0.15) is 31.9 Å². The Morgan fingerprint density at radius 3 is 2.44 bits per heavy atom. The Morgan fingerprint density at radius 2 is 1.84 bits per heavy atom. The Morgan fingerprint density at radius 1 is 1.12 bits per heavy atom. The van der Waals surface area contributed by atoms with Gasteiger partial charge in [0, 0.05) is 30.2 Å². The quantitative estimate of drug-likeness (QED) is 0.248. The van der Waals surface area contributed by atoms with Crippen molar-refractivity contribution in [2.45, 2.75) is 34.2 Å². The number of aryl methyl sites for hydroxylation is 2. The van der Waals surface area contributed by atoms with E-state index in [1.54, 1.807) is 28.1 Å². The molecule has 3 rings (SSSR count). The molecule has 0 radical (unpaired) electrons. The number of fused-ring (bicyclic) bond motifs is 1. The van der Waals surface area contributed by atoms with Gasteiger partial charge in [0.15, 0.2) is 18.3 Å². The monoisotopic (exact) mass is 437 g/mol. The first-order valence-corrected chi connectivity index (χ1v) is 10.7. The molecule has 3 aromatic rings. The molecule has 0 saturated heterocycles. The van der Waals surface area contributed by atoms with Crippen molar-refractivity contribution in [1.29, 1.82) is 0 Å². The molecule has 0 saturated carbocycles. The molecule has 1 heterocycles. The van der Waals surface area contributed by atoms with Gasteiger partial charge in [-0.2, -0.15) is 0 Å². The lowest BCUT2D eigenvalue weighted by Crippen LogP contribution is -2.06. The van der Waals surface area contributed by atoms with Gasteiger partial charge in [-0.25, -0.2) is 4.79 Å². The minimum absolute atomic E-state index is 0.0971. The highest BCUT2D eigenvalue weighted by Gasteiger charge is 2.24. The molecule has 0 aliphatic rings. The van der Waals surface area contributed by atoms with Crippen molar-refractivity contribution in [2.75, 3.05) is 27.6 Å². The van der Waals surface area contributed by atoms with Crippen molar-refractivity contribution in [1.82, 2.24) is 4.57 Å². The van der Waals surface area contributed by atoms with E-state index in [2.05, 4.69) is 30.5 Å². The number of carbonyl (C=O) groups is 1. The summed E-state index contributed by atoms with van der Waals surface area (Å²) in [5, 5.41) is 0.935. The Kier molecular flexibility index (Phi) is 7.59. The summed E-state index contributed by atoms with van der Waals surface area (Å²) in [7, 11) is 3.19. The average molecular weight is 438 g/mol. The van der Waals surface area contributed by atoms with Crippen LogP contribution in [0.4, 0.5) is 0 Å². The van der Waals surface area contributed by atoms with Crippen molar-refractivity contribution >= 4 is 22.9 Å². The van der Waals surface area contributed by atoms with Crippen LogP contribution in [0.2, 0.25) is 0 Å². The van der Waals surface area contributed by atoms with E-state index in [-0.39, 0.29) is 12.8 Å². The highest BCUT2D eigenvalue weighted by molar-refractivity contribution is 6.04. The third-order valence-corrected chi connectivity index (χ3v) is 5.39. The Hall–Kier alpha value is -3.25. The molecule has 0 N–H and O–H groups in total. The fourth-order valence-electron chi connectivity index (χ4n) is 4.07. The predicted octanol–water partition coefficient (Wildman–Crippen LogP) is 5.59. The molecule has 0 amide bonds. The minimum Gasteiger partial charge on any atom is -0.493 e. The second-order valence-corrected chi connectivity index (χ2v) is 7.40. The standard InChI is InChI=1S/C26H31NO5/c1-7-27-23(19-12-10-9-11-13-19)18(4)22-24(27)20(14-17(3)26(28)31-8-2)15-21(30-6)25(22)32-16-29-5/h9-15H,7-8,16H2,1-6H3/b17-14+. The van der Waals surface area contributed by atoms with Gasteiger partial charge in [0.1, 0.15) is 0 Å². The normalized spacial score (nSPS) is 11.6. The SMILES string of the molecule is CCOC(=O)/C(C)=C/c1cc(OC)c(OCOC)c2c(C)c(-c3ccccc3)n(CC)c12. The van der Waals surface area contributed by atoms with Gasteiger partial charge in [0.05, 0.1) is 24.9 Å². The fourth-order valence-corrected chi connectivity index (χ4v) is 4.07. The lowest BCUT2D eigenvalue weighted by atomic mass is 10.0. The summed E-state index contributed by atoms with van der Waals surface area (Å²) in [6.07, 6.45) is 1.85. The number of aromatic nitrogens is 1. The number of benzene rings is 2. The molecule has 0 spiro atoms. The number of hydrogen-bond donors (Lipinski definition) is 0. The smallest absolute Gasteiger partial charge is 0.333 e. The van der Waals surface area contributed by atoms with Crippen LogP contribution in [-0.4, -0.2) is 38.2 Å². The van der Waals surface area contributed by atoms with E-state index in [0.717, 1.165) is 39.8 Å². The van der Waals surface area contributed by atoms with Crippen molar-refractivity contribution in [3.63, 3.8) is 0 Å². The van der Waals surface area contributed by atoms with Crippen molar-refractivity contribution in [2.24, 2.45) is 0 Å². The van der Waals surface area contributed by atoms with E-state index in [9.17, 15) is 4.79 Å². The molecule has 2 aromatic carbocycles. The van der Waals surface area contributed by atoms with Gasteiger partial charge in [0.25, 0.3) is 0 Å². The molecule has 0 unspecified atom stereocenters. The fraction of sp³-hybridized carbons (Fsp3) is 0.346. The summed E-state index contributed by atoms with van der Waals surface area (Å²) >= 11 is 0. The van der Waals surface area contributed by atoms with Gasteiger partial charge < -0.3 is 23.5 Å². The molecule has 6 heteroatoms. The van der Waals surface area contributed by atoms with E-state index in [1.807, 2.05) is 30.3 Å². The summed E-state index contributed by atoms with van der Waals surface area (Å²) in [4.78, 5) is 12.3. The first kappa shape index (κ1) is 23.4. The molecule has 6 nitrogen and oxygen atoms in total. The van der Waals surface area contributed by atoms with E-state index in [4.69, 9.17) is 18.9 Å². The van der Waals surface area contributed by atoms with Crippen LogP contribution in [0.15, 0.2) is 42.0 Å². The third kappa shape index (κ3) is 4.36. The maximum atomic E-state index is 12.3. The van der Waals surface area contributed by atoms with Gasteiger partial charge in [-0.1, -0.05) is 30.3 Å². The first-order valence-electron chi connectivity index (χ1n) is 10.7. The largest absolute Gasteiger partial charge is 0.493 e. The van der Waals surface area contributed by atoms with E-state index >= 15 is 0 Å². The molecule has 170 valence electrons. The van der Waals surface area contributed by atoms with E-state index < -0.39 is 0 Å². The Balaban J connectivity index is 2.42. The number of ether oxygens (including phenoxy) is 4. The molecule has 1 aromatic heterocycles.